The third-order valence-electron chi connectivity index (χ3n) is 3.14. The summed E-state index contributed by atoms with van der Waals surface area (Å²) in [6, 6.07) is 10.1. The number of benzene rings is 1. The number of halogens is 1. The molecule has 0 aliphatic heterocycles. The van der Waals surface area contributed by atoms with Crippen molar-refractivity contribution in [2.24, 2.45) is 0 Å². The Labute approximate surface area is 158 Å². The number of aromatic nitrogens is 1. The van der Waals surface area contributed by atoms with Gasteiger partial charge in [-0.3, -0.25) is 20.2 Å². The molecule has 1 aromatic carbocycles. The van der Waals surface area contributed by atoms with Crippen molar-refractivity contribution in [1.29, 1.82) is 0 Å². The predicted molar refractivity (Wildman–Crippen MR) is 101 cm³/mol. The molecule has 1 amide bonds. The van der Waals surface area contributed by atoms with E-state index < -0.39 is 10.8 Å². The van der Waals surface area contributed by atoms with Gasteiger partial charge >= 0.3 is 5.00 Å². The first-order valence-electron chi connectivity index (χ1n) is 6.84. The number of rotatable bonds is 5. The van der Waals surface area contributed by atoms with E-state index in [2.05, 4.69) is 26.2 Å². The van der Waals surface area contributed by atoms with Gasteiger partial charge in [-0.25, -0.2) is 4.98 Å². The molecule has 128 valence electrons. The number of carbonyl (C=O) groups excluding carboxylic acids is 1. The van der Waals surface area contributed by atoms with Crippen LogP contribution in [0.3, 0.4) is 0 Å². The number of hydrogen-bond donors (Lipinski definition) is 1. The minimum atomic E-state index is -0.525. The largest absolute Gasteiger partial charge is 0.497 e. The molecule has 10 heteroatoms. The molecule has 25 heavy (non-hydrogen) atoms. The summed E-state index contributed by atoms with van der Waals surface area (Å²) in [7, 11) is 1.58. The number of methoxy groups -OCH3 is 1. The van der Waals surface area contributed by atoms with Gasteiger partial charge in [0.1, 0.15) is 5.75 Å². The third kappa shape index (κ3) is 3.86. The van der Waals surface area contributed by atoms with Crippen molar-refractivity contribution in [3.05, 3.63) is 55.2 Å². The molecule has 0 unspecified atom stereocenters. The van der Waals surface area contributed by atoms with Gasteiger partial charge in [-0.2, -0.15) is 0 Å². The summed E-state index contributed by atoms with van der Waals surface area (Å²) in [5.41, 5.74) is 1.52. The first kappa shape index (κ1) is 17.5. The lowest BCUT2D eigenvalue weighted by Gasteiger charge is -2.02. The zero-order valence-corrected chi connectivity index (χ0v) is 15.9. The van der Waals surface area contributed by atoms with Crippen molar-refractivity contribution >= 4 is 54.6 Å². The second-order valence-electron chi connectivity index (χ2n) is 4.72. The zero-order valence-electron chi connectivity index (χ0n) is 12.7. The molecule has 3 rings (SSSR count). The molecule has 0 aliphatic carbocycles. The second kappa shape index (κ2) is 7.30. The first-order valence-corrected chi connectivity index (χ1v) is 9.27. The number of nitro groups is 1. The van der Waals surface area contributed by atoms with Crippen LogP contribution in [0.1, 0.15) is 9.67 Å². The Kier molecular flexibility index (Phi) is 5.11. The van der Waals surface area contributed by atoms with Gasteiger partial charge in [0, 0.05) is 11.6 Å². The number of nitrogens with zero attached hydrogens (tertiary/aromatic N) is 2. The number of nitrogens with one attached hydrogen (secondary N) is 1. The van der Waals surface area contributed by atoms with Crippen LogP contribution < -0.4 is 10.1 Å². The summed E-state index contributed by atoms with van der Waals surface area (Å²) in [6.45, 7) is 0. The van der Waals surface area contributed by atoms with Crippen LogP contribution >= 0.6 is 38.6 Å². The molecule has 1 N–H and O–H groups in total. The van der Waals surface area contributed by atoms with Crippen LogP contribution in [0.4, 0.5) is 10.1 Å². The van der Waals surface area contributed by atoms with Gasteiger partial charge in [-0.05, 0) is 34.1 Å². The van der Waals surface area contributed by atoms with E-state index in [1.807, 2.05) is 24.3 Å². The van der Waals surface area contributed by atoms with Crippen molar-refractivity contribution < 1.29 is 14.5 Å². The summed E-state index contributed by atoms with van der Waals surface area (Å²) in [6.07, 6.45) is 0. The molecule has 0 bridgehead atoms. The number of ether oxygens (including phenoxy) is 1. The fourth-order valence-electron chi connectivity index (χ4n) is 2.01. The lowest BCUT2D eigenvalue weighted by molar-refractivity contribution is -0.380. The molecule has 0 atom stereocenters. The summed E-state index contributed by atoms with van der Waals surface area (Å²) >= 11 is 5.53. The fourth-order valence-corrected chi connectivity index (χ4v) is 4.21. The Bertz CT molecular complexity index is 954. The number of amides is 1. The van der Waals surface area contributed by atoms with E-state index in [4.69, 9.17) is 4.74 Å². The van der Waals surface area contributed by atoms with Crippen LogP contribution in [0, 0.1) is 10.1 Å². The van der Waals surface area contributed by atoms with Gasteiger partial charge < -0.3 is 4.74 Å². The Morgan fingerprint density at radius 1 is 1.32 bits per heavy atom. The van der Waals surface area contributed by atoms with Crippen molar-refractivity contribution in [2.45, 2.75) is 0 Å². The fraction of sp³-hybridized carbons (Fsp3) is 0.0667. The quantitative estimate of drug-likeness (QED) is 0.454. The Morgan fingerprint density at radius 3 is 2.80 bits per heavy atom. The average molecular weight is 440 g/mol. The maximum absolute atomic E-state index is 12.2. The minimum Gasteiger partial charge on any atom is -0.497 e. The van der Waals surface area contributed by atoms with Crippen molar-refractivity contribution in [3.63, 3.8) is 0 Å². The summed E-state index contributed by atoms with van der Waals surface area (Å²) in [5.74, 6) is 0.269. The van der Waals surface area contributed by atoms with Crippen LogP contribution in [-0.4, -0.2) is 22.9 Å². The highest BCUT2D eigenvalue weighted by molar-refractivity contribution is 9.11. The van der Waals surface area contributed by atoms with Crippen LogP contribution in [0.2, 0.25) is 0 Å². The molecule has 0 saturated carbocycles. The number of anilines is 1. The molecule has 0 aliphatic rings. The topological polar surface area (TPSA) is 94.4 Å². The predicted octanol–water partition coefficient (Wildman–Crippen LogP) is 4.80. The van der Waals surface area contributed by atoms with E-state index in [-0.39, 0.29) is 9.88 Å². The van der Waals surface area contributed by atoms with Crippen LogP contribution in [0.25, 0.3) is 11.3 Å². The minimum absolute atomic E-state index is 0.0810. The highest BCUT2D eigenvalue weighted by Crippen LogP contribution is 2.37. The number of hydrogen-bond acceptors (Lipinski definition) is 7. The standard InChI is InChI=1S/C15H10BrN3O4S2/c1-23-9-4-2-3-8(7-9)12-13(16)25-15(17-12)18-14(20)10-5-6-11(24-10)19(21)22/h2-7H,1H3,(H,17,18,20). The van der Waals surface area contributed by atoms with E-state index >= 15 is 0 Å². The molecule has 0 fully saturated rings. The van der Waals surface area contributed by atoms with Gasteiger partial charge in [0.25, 0.3) is 5.91 Å². The molecule has 7 nitrogen and oxygen atoms in total. The molecular weight excluding hydrogens is 430 g/mol. The summed E-state index contributed by atoms with van der Waals surface area (Å²) < 4.78 is 5.96. The smallest absolute Gasteiger partial charge is 0.324 e. The van der Waals surface area contributed by atoms with E-state index in [0.29, 0.717) is 16.6 Å². The molecule has 0 radical (unpaired) electrons. The van der Waals surface area contributed by atoms with Crippen molar-refractivity contribution in [2.75, 3.05) is 12.4 Å². The van der Waals surface area contributed by atoms with Gasteiger partial charge in [-0.15, -0.1) is 0 Å². The van der Waals surface area contributed by atoms with Crippen molar-refractivity contribution in [1.82, 2.24) is 4.98 Å². The first-order chi connectivity index (χ1) is 12.0. The SMILES string of the molecule is COc1cccc(-c2nc(NC(=O)c3ccc([N+](=O)[O-])s3)sc2Br)c1. The molecule has 0 saturated heterocycles. The molecule has 0 spiro atoms. The van der Waals surface area contributed by atoms with Gasteiger partial charge in [0.05, 0.1) is 26.4 Å². The monoisotopic (exact) mass is 439 g/mol. The Balaban J connectivity index is 1.82. The Hall–Kier alpha value is -2.30. The van der Waals surface area contributed by atoms with Gasteiger partial charge in [0.2, 0.25) is 0 Å². The molecular formula is C15H10BrN3O4S2. The number of thiazole rings is 1. The van der Waals surface area contributed by atoms with E-state index in [1.165, 1.54) is 23.5 Å². The lowest BCUT2D eigenvalue weighted by atomic mass is 10.2. The molecule has 2 aromatic heterocycles. The second-order valence-corrected chi connectivity index (χ2v) is 8.10. The van der Waals surface area contributed by atoms with Crippen molar-refractivity contribution in [3.8, 4) is 17.0 Å². The average Bonchev–Trinajstić information content (AvgIpc) is 3.22. The normalized spacial score (nSPS) is 10.5. The number of carbonyl (C=O) groups is 1. The molecule has 3 aromatic rings. The number of thiophene rings is 1. The highest BCUT2D eigenvalue weighted by atomic mass is 79.9. The van der Waals surface area contributed by atoms with Gasteiger partial charge in [-0.1, -0.05) is 34.8 Å². The maximum atomic E-state index is 12.2. The van der Waals surface area contributed by atoms with Crippen LogP contribution in [0.5, 0.6) is 5.75 Å². The zero-order chi connectivity index (χ0) is 18.0. The third-order valence-corrected chi connectivity index (χ3v) is 5.80. The van der Waals surface area contributed by atoms with E-state index in [9.17, 15) is 14.9 Å². The maximum Gasteiger partial charge on any atom is 0.324 e. The van der Waals surface area contributed by atoms with Gasteiger partial charge in [0.15, 0.2) is 5.13 Å². The van der Waals surface area contributed by atoms with E-state index in [0.717, 1.165) is 20.7 Å². The van der Waals surface area contributed by atoms with Crippen LogP contribution in [-0.2, 0) is 0 Å². The van der Waals surface area contributed by atoms with E-state index in [1.54, 1.807) is 7.11 Å². The lowest BCUT2D eigenvalue weighted by Crippen LogP contribution is -2.09. The highest BCUT2D eigenvalue weighted by Gasteiger charge is 2.18. The Morgan fingerprint density at radius 2 is 2.12 bits per heavy atom. The van der Waals surface area contributed by atoms with Crippen LogP contribution in [0.15, 0.2) is 40.2 Å². The summed E-state index contributed by atoms with van der Waals surface area (Å²) in [5, 5.41) is 13.7. The summed E-state index contributed by atoms with van der Waals surface area (Å²) in [4.78, 5) is 27.1. The molecule has 2 heterocycles.